The van der Waals surface area contributed by atoms with E-state index < -0.39 is 49.3 Å². The molecule has 1 aliphatic rings. The summed E-state index contributed by atoms with van der Waals surface area (Å²) in [5.41, 5.74) is 3.28. The zero-order valence-electron chi connectivity index (χ0n) is 43.3. The van der Waals surface area contributed by atoms with Crippen molar-refractivity contribution in [3.05, 3.63) is 65.2 Å². The van der Waals surface area contributed by atoms with Crippen molar-refractivity contribution in [3.8, 4) is 11.8 Å². The number of benzene rings is 2. The molecule has 3 rings (SSSR count). The number of Topliss-reactive ketones (excluding diaryl/α,β-unsaturated/α-hetero) is 1. The van der Waals surface area contributed by atoms with Gasteiger partial charge in [-0.05, 0) is 68.2 Å². The lowest BCUT2D eigenvalue weighted by Crippen LogP contribution is -2.41. The normalized spacial score (nSPS) is 13.7. The summed E-state index contributed by atoms with van der Waals surface area (Å²) >= 11 is 0. The van der Waals surface area contributed by atoms with Gasteiger partial charge in [0.2, 0.25) is 23.6 Å². The minimum absolute atomic E-state index is 0.00306. The number of carboxylic acids is 3. The lowest BCUT2D eigenvalue weighted by atomic mass is 9.94. The van der Waals surface area contributed by atoms with Crippen LogP contribution in [0.2, 0.25) is 0 Å². The van der Waals surface area contributed by atoms with E-state index in [4.69, 9.17) is 28.6 Å². The molecule has 7 N–H and O–H groups in total. The Labute approximate surface area is 443 Å². The summed E-state index contributed by atoms with van der Waals surface area (Å²) in [5.74, 6) is -0.476. The number of anilines is 1. The van der Waals surface area contributed by atoms with E-state index in [0.717, 1.165) is 22.4 Å². The summed E-state index contributed by atoms with van der Waals surface area (Å²) in [7, 11) is -4.05. The first-order valence-corrected chi connectivity index (χ1v) is 27.5. The third-order valence-corrected chi connectivity index (χ3v) is 13.5. The van der Waals surface area contributed by atoms with Crippen LogP contribution in [0.25, 0.3) is 0 Å². The molecule has 0 aliphatic carbocycles. The molecule has 2 aromatic rings. The number of carbonyl (C=O) groups excluding carboxylic acids is 5. The van der Waals surface area contributed by atoms with E-state index in [1.54, 1.807) is 11.8 Å². The van der Waals surface area contributed by atoms with Gasteiger partial charge in [-0.1, -0.05) is 55.5 Å². The third-order valence-electron chi connectivity index (χ3n) is 11.9. The zero-order valence-corrected chi connectivity index (χ0v) is 44.2. The van der Waals surface area contributed by atoms with E-state index in [-0.39, 0.29) is 120 Å². The molecular formula is C53H75N4O18P. The maximum Gasteiger partial charge on any atom is 0.328 e. The number of fused-ring (bicyclic) bond motifs is 2. The van der Waals surface area contributed by atoms with Gasteiger partial charge in [0.05, 0.1) is 83.8 Å². The van der Waals surface area contributed by atoms with Crippen molar-refractivity contribution in [2.24, 2.45) is 11.8 Å². The van der Waals surface area contributed by atoms with Crippen LogP contribution in [0.4, 0.5) is 5.69 Å². The molecule has 0 saturated heterocycles. The van der Waals surface area contributed by atoms with Gasteiger partial charge in [0.25, 0.3) is 0 Å². The fraction of sp³-hybridized carbons (Fsp3) is 0.585. The molecule has 0 radical (unpaired) electrons. The van der Waals surface area contributed by atoms with Gasteiger partial charge in [0, 0.05) is 69.2 Å². The molecule has 23 heteroatoms. The van der Waals surface area contributed by atoms with Crippen molar-refractivity contribution >= 4 is 60.6 Å². The Balaban J connectivity index is 1.10. The Morgan fingerprint density at radius 3 is 1.92 bits per heavy atom. The number of hydrogen-bond acceptors (Lipinski definition) is 14. The van der Waals surface area contributed by atoms with Crippen molar-refractivity contribution < 1.29 is 86.6 Å². The summed E-state index contributed by atoms with van der Waals surface area (Å²) < 4.78 is 39.3. The SMILES string of the molecule is CC(CCC(=O)O)CP(=O)(O)OCCC[C@H](NC(=O)CC[C@H](CC(=O)CCCCCNC(=O)CCOCCOCCOCCOCCNC(=O)CCC(=O)N1Cc2ccccc2C#Cc2ccccc21)C(=O)O)C(=O)O. The fourth-order valence-electron chi connectivity index (χ4n) is 7.70. The van der Waals surface area contributed by atoms with Crippen molar-refractivity contribution in [2.75, 3.05) is 83.6 Å². The largest absolute Gasteiger partial charge is 0.481 e. The van der Waals surface area contributed by atoms with E-state index in [1.807, 2.05) is 48.5 Å². The molecule has 1 heterocycles. The quantitative estimate of drug-likeness (QED) is 0.0274. The van der Waals surface area contributed by atoms with Crippen molar-refractivity contribution in [3.63, 3.8) is 0 Å². The lowest BCUT2D eigenvalue weighted by Gasteiger charge is -2.26. The Bertz CT molecular complexity index is 2300. The molecule has 0 aromatic heterocycles. The number of aliphatic carboxylic acids is 3. The van der Waals surface area contributed by atoms with Gasteiger partial charge in [0.15, 0.2) is 0 Å². The van der Waals surface area contributed by atoms with Crippen LogP contribution in [0.1, 0.15) is 114 Å². The maximum atomic E-state index is 13.3. The third kappa shape index (κ3) is 28.2. The number of ether oxygens (including phenoxy) is 4. The Kier molecular flexibility index (Phi) is 31.1. The minimum atomic E-state index is -4.05. The summed E-state index contributed by atoms with van der Waals surface area (Å²) in [5, 5.41) is 35.8. The highest BCUT2D eigenvalue weighted by Gasteiger charge is 2.27. The van der Waals surface area contributed by atoms with Crippen LogP contribution in [-0.4, -0.2) is 152 Å². The van der Waals surface area contributed by atoms with Gasteiger partial charge in [-0.2, -0.15) is 0 Å². The number of hydrogen-bond donors (Lipinski definition) is 7. The van der Waals surface area contributed by atoms with Gasteiger partial charge >= 0.3 is 25.5 Å². The molecule has 4 amide bonds. The number of para-hydroxylation sites is 1. The standard InChI is InChI=1S/C53H75N4O18P/c1-39(16-23-51(63)64)38-76(69,70)75-27-9-14-45(53(67)68)56-49(61)20-19-42(52(65)66)36-44(58)13-3-2-8-25-54-48(60)24-28-71-30-32-73-34-35-74-33-31-72-29-26-55-47(59)21-22-50(62)57-37-43-12-5-4-10-40(43)17-18-41-11-6-7-15-46(41)57/h4-7,10-12,15,39,42,45H,2-3,8-9,13-14,16,19-38H2,1H3,(H,54,60)(H,55,59)(H,56,61)(H,63,64)(H,65,66)(H,67,68)(H,69,70)/t39?,42-,45+/m1/s1. The molecule has 420 valence electrons. The van der Waals surface area contributed by atoms with E-state index in [9.17, 15) is 58.0 Å². The second kappa shape index (κ2) is 36.8. The zero-order chi connectivity index (χ0) is 55.6. The number of nitrogens with zero attached hydrogens (tertiary/aromatic N) is 1. The highest BCUT2D eigenvalue weighted by Crippen LogP contribution is 2.44. The molecule has 1 aliphatic heterocycles. The number of unbranched alkanes of at least 4 members (excludes halogenated alkanes) is 2. The Morgan fingerprint density at radius 1 is 0.618 bits per heavy atom. The van der Waals surface area contributed by atoms with Crippen LogP contribution < -0.4 is 20.9 Å². The predicted molar refractivity (Wildman–Crippen MR) is 277 cm³/mol. The average Bonchev–Trinajstić information content (AvgIpc) is 3.37. The van der Waals surface area contributed by atoms with Crippen LogP contribution in [0.5, 0.6) is 0 Å². The topological polar surface area (TPSA) is 320 Å². The smallest absolute Gasteiger partial charge is 0.328 e. The molecule has 2 unspecified atom stereocenters. The summed E-state index contributed by atoms with van der Waals surface area (Å²) in [6.07, 6.45) is 0.812. The maximum absolute atomic E-state index is 13.3. The van der Waals surface area contributed by atoms with E-state index in [0.29, 0.717) is 78.5 Å². The van der Waals surface area contributed by atoms with Crippen molar-refractivity contribution in [1.29, 1.82) is 0 Å². The first kappa shape index (κ1) is 64.2. The molecule has 0 saturated carbocycles. The predicted octanol–water partition coefficient (Wildman–Crippen LogP) is 4.46. The van der Waals surface area contributed by atoms with Gasteiger partial charge in [-0.25, -0.2) is 4.79 Å². The van der Waals surface area contributed by atoms with Crippen LogP contribution in [-0.2, 0) is 72.9 Å². The Hall–Kier alpha value is -6.05. The highest BCUT2D eigenvalue weighted by molar-refractivity contribution is 7.52. The first-order chi connectivity index (χ1) is 36.4. The van der Waals surface area contributed by atoms with Crippen LogP contribution >= 0.6 is 7.60 Å². The molecule has 0 fully saturated rings. The molecule has 0 spiro atoms. The first-order valence-electron chi connectivity index (χ1n) is 25.7. The van der Waals surface area contributed by atoms with Gasteiger partial charge < -0.3 is 64.5 Å². The summed E-state index contributed by atoms with van der Waals surface area (Å²) in [4.78, 5) is 109. The molecular weight excluding hydrogens is 1010 g/mol. The number of ketones is 1. The summed E-state index contributed by atoms with van der Waals surface area (Å²) in [6.45, 7) is 4.82. The van der Waals surface area contributed by atoms with Gasteiger partial charge in [0.1, 0.15) is 11.8 Å². The molecule has 4 atom stereocenters. The van der Waals surface area contributed by atoms with E-state index in [2.05, 4.69) is 27.8 Å². The number of carbonyl (C=O) groups is 8. The highest BCUT2D eigenvalue weighted by atomic mass is 31.2. The van der Waals surface area contributed by atoms with Crippen LogP contribution in [0.3, 0.4) is 0 Å². The number of carboxylic acid groups (broad SMARTS) is 3. The number of amides is 4. The number of nitrogens with one attached hydrogen (secondary N) is 3. The van der Waals surface area contributed by atoms with Gasteiger partial charge in [-0.3, -0.25) is 38.1 Å². The fourth-order valence-corrected chi connectivity index (χ4v) is 9.19. The molecule has 76 heavy (non-hydrogen) atoms. The second-order valence-corrected chi connectivity index (χ2v) is 20.1. The van der Waals surface area contributed by atoms with Crippen LogP contribution in [0.15, 0.2) is 48.5 Å². The second-order valence-electron chi connectivity index (χ2n) is 18.2. The molecule has 22 nitrogen and oxygen atoms in total. The van der Waals surface area contributed by atoms with E-state index in [1.165, 1.54) is 0 Å². The number of rotatable bonds is 42. The molecule has 0 bridgehead atoms. The van der Waals surface area contributed by atoms with E-state index >= 15 is 0 Å². The summed E-state index contributed by atoms with van der Waals surface area (Å²) in [6, 6.07) is 13.8. The molecule has 2 aromatic carbocycles. The Morgan fingerprint density at radius 2 is 1.24 bits per heavy atom. The van der Waals surface area contributed by atoms with Crippen LogP contribution in [0, 0.1) is 23.7 Å². The van der Waals surface area contributed by atoms with Gasteiger partial charge in [-0.15, -0.1) is 0 Å². The van der Waals surface area contributed by atoms with Crippen molar-refractivity contribution in [2.45, 2.75) is 109 Å². The average molecular weight is 1090 g/mol. The lowest BCUT2D eigenvalue weighted by molar-refractivity contribution is -0.145. The van der Waals surface area contributed by atoms with Crippen molar-refractivity contribution in [1.82, 2.24) is 16.0 Å². The minimum Gasteiger partial charge on any atom is -0.481 e. The monoisotopic (exact) mass is 1090 g/mol.